The minimum atomic E-state index is -0.261. The zero-order valence-corrected chi connectivity index (χ0v) is 19.2. The van der Waals surface area contributed by atoms with E-state index in [0.717, 1.165) is 35.7 Å². The van der Waals surface area contributed by atoms with Gasteiger partial charge in [0.2, 0.25) is 0 Å². The van der Waals surface area contributed by atoms with E-state index in [9.17, 15) is 9.59 Å². The number of nitrogens with zero attached hydrogens (tertiary/aromatic N) is 3. The zero-order chi connectivity index (χ0) is 22.5. The molecule has 0 unspecified atom stereocenters. The van der Waals surface area contributed by atoms with Crippen molar-refractivity contribution < 1.29 is 19.1 Å². The van der Waals surface area contributed by atoms with Crippen LogP contribution in [0.3, 0.4) is 0 Å². The molecule has 1 aliphatic rings. The second kappa shape index (κ2) is 9.98. The van der Waals surface area contributed by atoms with Gasteiger partial charge >= 0.3 is 5.97 Å². The highest BCUT2D eigenvalue weighted by Gasteiger charge is 2.33. The Morgan fingerprint density at radius 2 is 1.94 bits per heavy atom. The summed E-state index contributed by atoms with van der Waals surface area (Å²) in [4.78, 5) is 27.6. The Balaban J connectivity index is 1.93. The first-order valence-corrected chi connectivity index (χ1v) is 11.0. The van der Waals surface area contributed by atoms with Gasteiger partial charge in [-0.05, 0) is 63.3 Å². The van der Waals surface area contributed by atoms with Gasteiger partial charge in [-0.3, -0.25) is 9.59 Å². The van der Waals surface area contributed by atoms with E-state index in [2.05, 4.69) is 13.8 Å². The quantitative estimate of drug-likeness (QED) is 0.629. The molecule has 2 heterocycles. The van der Waals surface area contributed by atoms with Crippen LogP contribution in [-0.4, -0.2) is 53.4 Å². The summed E-state index contributed by atoms with van der Waals surface area (Å²) in [6.45, 7) is 9.37. The number of esters is 1. The Morgan fingerprint density at radius 3 is 2.55 bits per heavy atom. The summed E-state index contributed by atoms with van der Waals surface area (Å²) in [7, 11) is 1.63. The molecular formula is C24H33N3O4. The first kappa shape index (κ1) is 22.8. The highest BCUT2D eigenvalue weighted by Crippen LogP contribution is 2.26. The number of benzene rings is 1. The molecule has 0 spiro atoms. The van der Waals surface area contributed by atoms with Crippen molar-refractivity contribution in [2.75, 3.05) is 26.8 Å². The van der Waals surface area contributed by atoms with Crippen LogP contribution in [0.2, 0.25) is 0 Å². The molecular weight excluding hydrogens is 394 g/mol. The smallest absolute Gasteiger partial charge is 0.310 e. The molecule has 0 bridgehead atoms. The summed E-state index contributed by atoms with van der Waals surface area (Å²) in [5.41, 5.74) is 3.13. The van der Waals surface area contributed by atoms with E-state index in [1.807, 2.05) is 35.9 Å². The average molecular weight is 428 g/mol. The Morgan fingerprint density at radius 1 is 1.23 bits per heavy atom. The van der Waals surface area contributed by atoms with Gasteiger partial charge < -0.3 is 14.4 Å². The molecule has 0 radical (unpaired) electrons. The third-order valence-electron chi connectivity index (χ3n) is 5.65. The molecule has 1 saturated heterocycles. The summed E-state index contributed by atoms with van der Waals surface area (Å²) in [6, 6.07) is 7.64. The fourth-order valence-electron chi connectivity index (χ4n) is 4.12. The minimum Gasteiger partial charge on any atom is -0.497 e. The molecule has 31 heavy (non-hydrogen) atoms. The molecule has 1 amide bonds. The lowest BCUT2D eigenvalue weighted by molar-refractivity contribution is -0.149. The Kier molecular flexibility index (Phi) is 7.36. The van der Waals surface area contributed by atoms with Crippen molar-refractivity contribution in [2.45, 2.75) is 47.0 Å². The molecule has 0 saturated carbocycles. The predicted molar refractivity (Wildman–Crippen MR) is 119 cm³/mol. The standard InChI is InChI=1S/C24H33N3O4/c1-6-31-24(29)18-8-7-13-26(15-18)23(28)22-17(4)27(25-21(22)14-16(2)3)19-9-11-20(30-5)12-10-19/h9-12,16,18H,6-8,13-15H2,1-5H3/t18-/m1/s1. The molecule has 168 valence electrons. The van der Waals surface area contributed by atoms with Crippen molar-refractivity contribution in [3.8, 4) is 11.4 Å². The van der Waals surface area contributed by atoms with E-state index in [4.69, 9.17) is 14.6 Å². The highest BCUT2D eigenvalue weighted by molar-refractivity contribution is 5.97. The number of hydrogen-bond acceptors (Lipinski definition) is 5. The number of hydrogen-bond donors (Lipinski definition) is 0. The Hall–Kier alpha value is -2.83. The number of carbonyl (C=O) groups is 2. The maximum atomic E-state index is 13.6. The second-order valence-electron chi connectivity index (χ2n) is 8.46. The van der Waals surface area contributed by atoms with Crippen LogP contribution in [0.25, 0.3) is 5.69 Å². The van der Waals surface area contributed by atoms with Gasteiger partial charge in [0, 0.05) is 13.1 Å². The van der Waals surface area contributed by atoms with Crippen molar-refractivity contribution >= 4 is 11.9 Å². The number of likely N-dealkylation sites (tertiary alicyclic amines) is 1. The van der Waals surface area contributed by atoms with Crippen molar-refractivity contribution in [1.29, 1.82) is 0 Å². The summed E-state index contributed by atoms with van der Waals surface area (Å²) in [6.07, 6.45) is 2.26. The lowest BCUT2D eigenvalue weighted by Crippen LogP contribution is -2.43. The third-order valence-corrected chi connectivity index (χ3v) is 5.65. The normalized spacial score (nSPS) is 16.5. The van der Waals surface area contributed by atoms with Gasteiger partial charge in [0.05, 0.1) is 42.3 Å². The maximum Gasteiger partial charge on any atom is 0.310 e. The number of carbonyl (C=O) groups excluding carboxylic acids is 2. The summed E-state index contributed by atoms with van der Waals surface area (Å²) < 4.78 is 12.3. The van der Waals surface area contributed by atoms with Gasteiger partial charge in [0.15, 0.2) is 0 Å². The lowest BCUT2D eigenvalue weighted by Gasteiger charge is -2.31. The predicted octanol–water partition coefficient (Wildman–Crippen LogP) is 3.80. The van der Waals surface area contributed by atoms with Crippen LogP contribution in [0.1, 0.15) is 55.4 Å². The van der Waals surface area contributed by atoms with E-state index in [-0.39, 0.29) is 17.8 Å². The van der Waals surface area contributed by atoms with Crippen LogP contribution < -0.4 is 4.74 Å². The molecule has 1 aliphatic heterocycles. The molecule has 7 nitrogen and oxygen atoms in total. The second-order valence-corrected chi connectivity index (χ2v) is 8.46. The van der Waals surface area contributed by atoms with E-state index < -0.39 is 0 Å². The van der Waals surface area contributed by atoms with Crippen molar-refractivity contribution in [1.82, 2.24) is 14.7 Å². The largest absolute Gasteiger partial charge is 0.497 e. The third kappa shape index (κ3) is 5.09. The molecule has 3 rings (SSSR count). The van der Waals surface area contributed by atoms with Crippen LogP contribution in [-0.2, 0) is 16.0 Å². The highest BCUT2D eigenvalue weighted by atomic mass is 16.5. The number of aromatic nitrogens is 2. The Bertz CT molecular complexity index is 918. The fourth-order valence-corrected chi connectivity index (χ4v) is 4.12. The van der Waals surface area contributed by atoms with E-state index in [1.54, 1.807) is 18.9 Å². The number of methoxy groups -OCH3 is 1. The van der Waals surface area contributed by atoms with Crippen molar-refractivity contribution in [3.63, 3.8) is 0 Å². The molecule has 1 fully saturated rings. The number of piperidine rings is 1. The lowest BCUT2D eigenvalue weighted by atomic mass is 9.96. The summed E-state index contributed by atoms with van der Waals surface area (Å²) in [5, 5.41) is 4.81. The van der Waals surface area contributed by atoms with Crippen molar-refractivity contribution in [2.24, 2.45) is 11.8 Å². The van der Waals surface area contributed by atoms with Crippen LogP contribution in [0, 0.1) is 18.8 Å². The monoisotopic (exact) mass is 427 g/mol. The molecule has 1 aromatic heterocycles. The number of amides is 1. The first-order valence-electron chi connectivity index (χ1n) is 11.0. The first-order chi connectivity index (χ1) is 14.8. The minimum absolute atomic E-state index is 0.0538. The number of rotatable bonds is 7. The van der Waals surface area contributed by atoms with Crippen LogP contribution >= 0.6 is 0 Å². The van der Waals surface area contributed by atoms with E-state index in [0.29, 0.717) is 37.6 Å². The SMILES string of the molecule is CCOC(=O)[C@@H]1CCCN(C(=O)c2c(CC(C)C)nn(-c3ccc(OC)cc3)c2C)C1. The molecule has 0 N–H and O–H groups in total. The maximum absolute atomic E-state index is 13.6. The van der Waals surface area contributed by atoms with Gasteiger partial charge in [-0.1, -0.05) is 13.8 Å². The summed E-state index contributed by atoms with van der Waals surface area (Å²) >= 11 is 0. The molecule has 0 aliphatic carbocycles. The Labute approximate surface area is 184 Å². The average Bonchev–Trinajstić information content (AvgIpc) is 3.08. The topological polar surface area (TPSA) is 73.7 Å². The van der Waals surface area contributed by atoms with Gasteiger partial charge in [0.1, 0.15) is 5.75 Å². The molecule has 7 heteroatoms. The zero-order valence-electron chi connectivity index (χ0n) is 19.2. The number of ether oxygens (including phenoxy) is 2. The molecule has 2 aromatic rings. The van der Waals surface area contributed by atoms with Crippen molar-refractivity contribution in [3.05, 3.63) is 41.2 Å². The summed E-state index contributed by atoms with van der Waals surface area (Å²) in [5.74, 6) is 0.600. The molecule has 1 aromatic carbocycles. The van der Waals surface area contributed by atoms with Gasteiger partial charge in [-0.2, -0.15) is 5.10 Å². The van der Waals surface area contributed by atoms with E-state index in [1.165, 1.54) is 0 Å². The fraction of sp³-hybridized carbons (Fsp3) is 0.542. The molecule has 1 atom stereocenters. The van der Waals surface area contributed by atoms with E-state index >= 15 is 0 Å². The van der Waals surface area contributed by atoms with Crippen LogP contribution in [0.4, 0.5) is 0 Å². The van der Waals surface area contributed by atoms with Crippen LogP contribution in [0.15, 0.2) is 24.3 Å². The van der Waals surface area contributed by atoms with Gasteiger partial charge in [-0.15, -0.1) is 0 Å². The van der Waals surface area contributed by atoms with Gasteiger partial charge in [0.25, 0.3) is 5.91 Å². The van der Waals surface area contributed by atoms with Crippen LogP contribution in [0.5, 0.6) is 5.75 Å². The van der Waals surface area contributed by atoms with Gasteiger partial charge in [-0.25, -0.2) is 4.68 Å².